The van der Waals surface area contributed by atoms with E-state index >= 15 is 0 Å². The highest BCUT2D eigenvalue weighted by atomic mass is 35.5. The van der Waals surface area contributed by atoms with Crippen LogP contribution in [0.3, 0.4) is 0 Å². The molecule has 0 spiro atoms. The number of halogens is 1. The summed E-state index contributed by atoms with van der Waals surface area (Å²) in [4.78, 5) is 25.2. The van der Waals surface area contributed by atoms with E-state index < -0.39 is 11.8 Å². The zero-order chi connectivity index (χ0) is 22.4. The highest BCUT2D eigenvalue weighted by Gasteiger charge is 2.20. The molecule has 31 heavy (non-hydrogen) atoms. The van der Waals surface area contributed by atoms with E-state index in [0.29, 0.717) is 27.6 Å². The predicted octanol–water partition coefficient (Wildman–Crippen LogP) is 4.93. The molecule has 8 heteroatoms. The van der Waals surface area contributed by atoms with Crippen LogP contribution in [0, 0.1) is 6.92 Å². The van der Waals surface area contributed by atoms with Crippen molar-refractivity contribution in [2.24, 2.45) is 5.73 Å². The molecule has 0 saturated heterocycles. The van der Waals surface area contributed by atoms with Gasteiger partial charge in [-0.25, -0.2) is 0 Å². The summed E-state index contributed by atoms with van der Waals surface area (Å²) in [6, 6.07) is 17.1. The Kier molecular flexibility index (Phi) is 7.57. The van der Waals surface area contributed by atoms with Gasteiger partial charge >= 0.3 is 0 Å². The minimum atomic E-state index is -0.552. The number of hydrogen-bond acceptors (Lipinski definition) is 4. The summed E-state index contributed by atoms with van der Waals surface area (Å²) in [6.07, 6.45) is 3.60. The van der Waals surface area contributed by atoms with Gasteiger partial charge in [-0.05, 0) is 48.0 Å². The average molecular weight is 470 g/mol. The Hall–Kier alpha value is -3.00. The van der Waals surface area contributed by atoms with Crippen molar-refractivity contribution in [3.63, 3.8) is 0 Å². The van der Waals surface area contributed by atoms with Crippen molar-refractivity contribution >= 4 is 63.2 Å². The summed E-state index contributed by atoms with van der Waals surface area (Å²) in [5.41, 5.74) is 8.61. The van der Waals surface area contributed by atoms with Crippen LogP contribution in [0.25, 0.3) is 6.08 Å². The van der Waals surface area contributed by atoms with Gasteiger partial charge in [0.25, 0.3) is 5.91 Å². The molecule has 0 unspecified atom stereocenters. The molecule has 0 atom stereocenters. The molecular formula is C23H20ClN3O2S2. The number of primary amides is 1. The van der Waals surface area contributed by atoms with E-state index in [1.807, 2.05) is 49.4 Å². The summed E-state index contributed by atoms with van der Waals surface area (Å²) >= 11 is 12.7. The van der Waals surface area contributed by atoms with Crippen LogP contribution in [-0.4, -0.2) is 16.9 Å². The van der Waals surface area contributed by atoms with Gasteiger partial charge in [0.1, 0.15) is 5.00 Å². The fourth-order valence-corrected chi connectivity index (χ4v) is 4.67. The van der Waals surface area contributed by atoms with Crippen LogP contribution in [0.1, 0.15) is 31.9 Å². The Labute approximate surface area is 194 Å². The lowest BCUT2D eigenvalue weighted by Gasteiger charge is -2.08. The molecule has 2 aromatic carbocycles. The Morgan fingerprint density at radius 2 is 1.81 bits per heavy atom. The van der Waals surface area contributed by atoms with Gasteiger partial charge in [0.2, 0.25) is 5.91 Å². The second kappa shape index (κ2) is 10.3. The van der Waals surface area contributed by atoms with Gasteiger partial charge in [-0.15, -0.1) is 11.3 Å². The number of anilines is 1. The van der Waals surface area contributed by atoms with Crippen molar-refractivity contribution in [2.45, 2.75) is 13.3 Å². The average Bonchev–Trinajstić information content (AvgIpc) is 3.02. The van der Waals surface area contributed by atoms with Crippen LogP contribution < -0.4 is 16.4 Å². The molecule has 0 radical (unpaired) electrons. The molecule has 0 aliphatic carbocycles. The molecule has 0 aliphatic rings. The summed E-state index contributed by atoms with van der Waals surface area (Å²) < 4.78 is 0. The number of thiophene rings is 1. The molecule has 4 N–H and O–H groups in total. The summed E-state index contributed by atoms with van der Waals surface area (Å²) in [6.45, 7) is 1.86. The lowest BCUT2D eigenvalue weighted by atomic mass is 10.1. The summed E-state index contributed by atoms with van der Waals surface area (Å²) in [7, 11) is 0. The number of carbonyl (C=O) groups is 2. The molecule has 1 aromatic heterocycles. The zero-order valence-electron chi connectivity index (χ0n) is 16.6. The van der Waals surface area contributed by atoms with Crippen molar-refractivity contribution in [2.75, 3.05) is 5.32 Å². The maximum atomic E-state index is 12.2. The van der Waals surface area contributed by atoms with Gasteiger partial charge in [0.05, 0.1) is 5.56 Å². The topological polar surface area (TPSA) is 84.2 Å². The maximum absolute atomic E-state index is 12.2. The quantitative estimate of drug-likeness (QED) is 0.353. The molecule has 5 nitrogen and oxygen atoms in total. The van der Waals surface area contributed by atoms with E-state index in [-0.39, 0.29) is 5.11 Å². The Bertz CT molecular complexity index is 1160. The van der Waals surface area contributed by atoms with Crippen LogP contribution in [0.2, 0.25) is 5.02 Å². The fraction of sp³-hybridized carbons (Fsp3) is 0.0870. The van der Waals surface area contributed by atoms with E-state index in [9.17, 15) is 9.59 Å². The molecule has 2 amide bonds. The molecule has 3 rings (SSSR count). The van der Waals surface area contributed by atoms with Gasteiger partial charge in [-0.3, -0.25) is 14.9 Å². The molecule has 0 saturated carbocycles. The van der Waals surface area contributed by atoms with Crippen molar-refractivity contribution in [1.29, 1.82) is 0 Å². The summed E-state index contributed by atoms with van der Waals surface area (Å²) in [5.74, 6) is -0.973. The van der Waals surface area contributed by atoms with Crippen molar-refractivity contribution in [1.82, 2.24) is 5.32 Å². The largest absolute Gasteiger partial charge is 0.365 e. The Morgan fingerprint density at radius 3 is 2.48 bits per heavy atom. The number of nitrogens with two attached hydrogens (primary N) is 1. The van der Waals surface area contributed by atoms with E-state index in [1.54, 1.807) is 18.2 Å². The second-order valence-electron chi connectivity index (χ2n) is 6.68. The number of carbonyl (C=O) groups excluding carboxylic acids is 2. The van der Waals surface area contributed by atoms with E-state index in [0.717, 1.165) is 16.0 Å². The number of benzene rings is 2. The minimum absolute atomic E-state index is 0.0730. The molecule has 3 aromatic rings. The first-order valence-electron chi connectivity index (χ1n) is 9.35. The predicted molar refractivity (Wildman–Crippen MR) is 132 cm³/mol. The van der Waals surface area contributed by atoms with Crippen molar-refractivity contribution < 1.29 is 9.59 Å². The number of rotatable bonds is 6. The van der Waals surface area contributed by atoms with Crippen LogP contribution in [-0.2, 0) is 11.2 Å². The first-order chi connectivity index (χ1) is 14.8. The van der Waals surface area contributed by atoms with Crippen LogP contribution >= 0.6 is 35.2 Å². The smallest absolute Gasteiger partial charge is 0.251 e. The molecule has 0 bridgehead atoms. The fourth-order valence-electron chi connectivity index (χ4n) is 2.96. The minimum Gasteiger partial charge on any atom is -0.365 e. The Morgan fingerprint density at radius 1 is 1.13 bits per heavy atom. The normalized spacial score (nSPS) is 10.8. The van der Waals surface area contributed by atoms with Gasteiger partial charge in [-0.2, -0.15) is 0 Å². The highest BCUT2D eigenvalue weighted by Crippen LogP contribution is 2.34. The van der Waals surface area contributed by atoms with E-state index in [2.05, 4.69) is 10.6 Å². The third kappa shape index (κ3) is 6.01. The lowest BCUT2D eigenvalue weighted by molar-refractivity contribution is -0.115. The number of hydrogen-bond donors (Lipinski definition) is 3. The van der Waals surface area contributed by atoms with Crippen LogP contribution in [0.15, 0.2) is 60.7 Å². The zero-order valence-corrected chi connectivity index (χ0v) is 19.0. The number of amides is 2. The van der Waals surface area contributed by atoms with Gasteiger partial charge in [-0.1, -0.05) is 60.1 Å². The Balaban J connectivity index is 1.71. The molecular weight excluding hydrogens is 450 g/mol. The SMILES string of the molecule is Cc1c(Cc2ccccc2)sc(NC(=S)NC(=O)/C=C/c2ccccc2Cl)c1C(N)=O. The summed E-state index contributed by atoms with van der Waals surface area (Å²) in [5, 5.41) is 6.63. The maximum Gasteiger partial charge on any atom is 0.251 e. The van der Waals surface area contributed by atoms with Crippen LogP contribution in [0.4, 0.5) is 5.00 Å². The van der Waals surface area contributed by atoms with E-state index in [4.69, 9.17) is 29.6 Å². The highest BCUT2D eigenvalue weighted by molar-refractivity contribution is 7.80. The second-order valence-corrected chi connectivity index (χ2v) is 8.60. The standard InChI is InChI=1S/C23H20ClN3O2S2/c1-14-18(13-15-7-3-2-4-8-15)31-22(20(14)21(25)29)27-23(30)26-19(28)12-11-16-9-5-6-10-17(16)24/h2-12H,13H2,1H3,(H2,25,29)(H2,26,27,28,30)/b12-11+. The molecule has 0 fully saturated rings. The first-order valence-corrected chi connectivity index (χ1v) is 11.0. The third-order valence-electron chi connectivity index (χ3n) is 4.48. The van der Waals surface area contributed by atoms with Crippen molar-refractivity contribution in [3.8, 4) is 0 Å². The first kappa shape index (κ1) is 22.7. The lowest BCUT2D eigenvalue weighted by Crippen LogP contribution is -2.33. The molecule has 1 heterocycles. The van der Waals surface area contributed by atoms with Crippen LogP contribution in [0.5, 0.6) is 0 Å². The number of thiocarbonyl (C=S) groups is 1. The van der Waals surface area contributed by atoms with E-state index in [1.165, 1.54) is 17.4 Å². The molecule has 158 valence electrons. The van der Waals surface area contributed by atoms with Crippen molar-refractivity contribution in [3.05, 3.63) is 92.8 Å². The molecule has 0 aliphatic heterocycles. The van der Waals surface area contributed by atoms with Gasteiger partial charge < -0.3 is 11.1 Å². The monoisotopic (exact) mass is 469 g/mol. The van der Waals surface area contributed by atoms with Gasteiger partial charge in [0.15, 0.2) is 5.11 Å². The third-order valence-corrected chi connectivity index (χ3v) is 6.24. The number of nitrogens with one attached hydrogen (secondary N) is 2. The van der Waals surface area contributed by atoms with Gasteiger partial charge in [0, 0.05) is 22.4 Å².